The summed E-state index contributed by atoms with van der Waals surface area (Å²) in [5.74, 6) is -0.0341. The number of nitrogens with one attached hydrogen (secondary N) is 1. The van der Waals surface area contributed by atoms with E-state index < -0.39 is 0 Å². The van der Waals surface area contributed by atoms with Gasteiger partial charge >= 0.3 is 0 Å². The van der Waals surface area contributed by atoms with Gasteiger partial charge in [0.25, 0.3) is 5.91 Å². The van der Waals surface area contributed by atoms with Crippen molar-refractivity contribution in [3.8, 4) is 0 Å². The Morgan fingerprint density at radius 2 is 2.11 bits per heavy atom. The SMILES string of the molecule is COCCNC(=O)c1ccc(N2CCCC2)c(C)c1. The Kier molecular flexibility index (Phi) is 4.80. The van der Waals surface area contributed by atoms with Crippen molar-refractivity contribution in [1.82, 2.24) is 5.32 Å². The van der Waals surface area contributed by atoms with Crippen LogP contribution in [0.15, 0.2) is 18.2 Å². The van der Waals surface area contributed by atoms with E-state index in [1.165, 1.54) is 24.1 Å². The molecule has 104 valence electrons. The molecule has 0 aliphatic carbocycles. The third-order valence-corrected chi connectivity index (χ3v) is 3.50. The summed E-state index contributed by atoms with van der Waals surface area (Å²) in [6.45, 7) is 5.40. The van der Waals surface area contributed by atoms with Crippen LogP contribution in [0, 0.1) is 6.92 Å². The summed E-state index contributed by atoms with van der Waals surface area (Å²) in [6, 6.07) is 5.93. The van der Waals surface area contributed by atoms with Crippen molar-refractivity contribution in [2.45, 2.75) is 19.8 Å². The van der Waals surface area contributed by atoms with Gasteiger partial charge in [-0.05, 0) is 43.5 Å². The lowest BCUT2D eigenvalue weighted by atomic mass is 10.1. The summed E-state index contributed by atoms with van der Waals surface area (Å²) >= 11 is 0. The zero-order valence-corrected chi connectivity index (χ0v) is 11.7. The molecule has 0 aromatic heterocycles. The molecule has 0 radical (unpaired) electrons. The maximum atomic E-state index is 11.9. The van der Waals surface area contributed by atoms with Crippen LogP contribution in [0.5, 0.6) is 0 Å². The van der Waals surface area contributed by atoms with Crippen LogP contribution in [0.25, 0.3) is 0 Å². The summed E-state index contributed by atoms with van der Waals surface area (Å²) < 4.78 is 4.92. The van der Waals surface area contributed by atoms with E-state index in [0.717, 1.165) is 18.7 Å². The molecule has 0 unspecified atom stereocenters. The molecular weight excluding hydrogens is 240 g/mol. The number of rotatable bonds is 5. The normalized spacial score (nSPS) is 14.7. The Balaban J connectivity index is 2.03. The van der Waals surface area contributed by atoms with Gasteiger partial charge in [-0.25, -0.2) is 0 Å². The average molecular weight is 262 g/mol. The highest BCUT2D eigenvalue weighted by Gasteiger charge is 2.15. The highest BCUT2D eigenvalue weighted by atomic mass is 16.5. The van der Waals surface area contributed by atoms with Crippen LogP contribution in [-0.2, 0) is 4.74 Å². The molecule has 4 heteroatoms. The predicted molar refractivity (Wildman–Crippen MR) is 76.8 cm³/mol. The first-order valence-corrected chi connectivity index (χ1v) is 6.85. The van der Waals surface area contributed by atoms with Crippen molar-refractivity contribution >= 4 is 11.6 Å². The second-order valence-corrected chi connectivity index (χ2v) is 4.94. The fraction of sp³-hybridized carbons (Fsp3) is 0.533. The lowest BCUT2D eigenvalue weighted by molar-refractivity contribution is 0.0937. The zero-order chi connectivity index (χ0) is 13.7. The zero-order valence-electron chi connectivity index (χ0n) is 11.7. The van der Waals surface area contributed by atoms with E-state index >= 15 is 0 Å². The number of hydrogen-bond donors (Lipinski definition) is 1. The standard InChI is InChI=1S/C15H22N2O2/c1-12-11-13(15(18)16-7-10-19-2)5-6-14(12)17-8-3-4-9-17/h5-6,11H,3-4,7-10H2,1-2H3,(H,16,18). The molecular formula is C15H22N2O2. The minimum atomic E-state index is -0.0341. The molecule has 1 aliphatic heterocycles. The van der Waals surface area contributed by atoms with Crippen molar-refractivity contribution in [3.05, 3.63) is 29.3 Å². The maximum absolute atomic E-state index is 11.9. The second kappa shape index (κ2) is 6.57. The van der Waals surface area contributed by atoms with Gasteiger partial charge in [0.1, 0.15) is 0 Å². The van der Waals surface area contributed by atoms with Gasteiger partial charge in [0.05, 0.1) is 6.61 Å². The van der Waals surface area contributed by atoms with Crippen LogP contribution in [-0.4, -0.2) is 39.3 Å². The Labute approximate surface area is 114 Å². The number of ether oxygens (including phenoxy) is 1. The highest BCUT2D eigenvalue weighted by molar-refractivity contribution is 5.94. The van der Waals surface area contributed by atoms with Crippen LogP contribution >= 0.6 is 0 Å². The van der Waals surface area contributed by atoms with Crippen LogP contribution in [0.2, 0.25) is 0 Å². The van der Waals surface area contributed by atoms with E-state index in [0.29, 0.717) is 13.2 Å². The van der Waals surface area contributed by atoms with E-state index in [4.69, 9.17) is 4.74 Å². The maximum Gasteiger partial charge on any atom is 0.251 e. The average Bonchev–Trinajstić information content (AvgIpc) is 2.92. The lowest BCUT2D eigenvalue weighted by Crippen LogP contribution is -2.27. The third-order valence-electron chi connectivity index (χ3n) is 3.50. The molecule has 1 aromatic rings. The fourth-order valence-electron chi connectivity index (χ4n) is 2.48. The van der Waals surface area contributed by atoms with Gasteiger partial charge in [-0.2, -0.15) is 0 Å². The minimum Gasteiger partial charge on any atom is -0.383 e. The van der Waals surface area contributed by atoms with Gasteiger partial charge < -0.3 is 15.0 Å². The molecule has 1 heterocycles. The summed E-state index contributed by atoms with van der Waals surface area (Å²) in [5, 5.41) is 2.84. The van der Waals surface area contributed by atoms with E-state index in [-0.39, 0.29) is 5.91 Å². The van der Waals surface area contributed by atoms with Crippen molar-refractivity contribution in [2.75, 3.05) is 38.3 Å². The Bertz CT molecular complexity index is 440. The van der Waals surface area contributed by atoms with Crippen LogP contribution < -0.4 is 10.2 Å². The molecule has 0 bridgehead atoms. The molecule has 19 heavy (non-hydrogen) atoms. The summed E-state index contributed by atoms with van der Waals surface area (Å²) in [4.78, 5) is 14.3. The molecule has 1 N–H and O–H groups in total. The Morgan fingerprint density at radius 1 is 1.37 bits per heavy atom. The largest absolute Gasteiger partial charge is 0.383 e. The molecule has 2 rings (SSSR count). The number of benzene rings is 1. The minimum absolute atomic E-state index is 0.0341. The van der Waals surface area contributed by atoms with Gasteiger partial charge in [0.2, 0.25) is 0 Å². The first-order chi connectivity index (χ1) is 9.22. The highest BCUT2D eigenvalue weighted by Crippen LogP contribution is 2.24. The molecule has 1 saturated heterocycles. The monoisotopic (exact) mass is 262 g/mol. The number of methoxy groups -OCH3 is 1. The molecule has 1 fully saturated rings. The third kappa shape index (κ3) is 3.47. The number of hydrogen-bond acceptors (Lipinski definition) is 3. The first-order valence-electron chi connectivity index (χ1n) is 6.85. The lowest BCUT2D eigenvalue weighted by Gasteiger charge is -2.20. The Morgan fingerprint density at radius 3 is 2.74 bits per heavy atom. The van der Waals surface area contributed by atoms with Gasteiger partial charge in [-0.15, -0.1) is 0 Å². The first kappa shape index (κ1) is 13.9. The van der Waals surface area contributed by atoms with Gasteiger partial charge in [0.15, 0.2) is 0 Å². The molecule has 0 atom stereocenters. The Hall–Kier alpha value is -1.55. The van der Waals surface area contributed by atoms with Gasteiger partial charge in [0, 0.05) is 38.0 Å². The molecule has 1 aliphatic rings. The van der Waals surface area contributed by atoms with Crippen LogP contribution in [0.4, 0.5) is 5.69 Å². The van der Waals surface area contributed by atoms with Crippen molar-refractivity contribution < 1.29 is 9.53 Å². The van der Waals surface area contributed by atoms with Gasteiger partial charge in [-0.3, -0.25) is 4.79 Å². The molecule has 4 nitrogen and oxygen atoms in total. The van der Waals surface area contributed by atoms with Gasteiger partial charge in [-0.1, -0.05) is 0 Å². The fourth-order valence-corrected chi connectivity index (χ4v) is 2.48. The number of anilines is 1. The quantitative estimate of drug-likeness (QED) is 0.825. The van der Waals surface area contributed by atoms with Crippen LogP contribution in [0.1, 0.15) is 28.8 Å². The number of amides is 1. The summed E-state index contributed by atoms with van der Waals surface area (Å²) in [5.41, 5.74) is 3.14. The smallest absolute Gasteiger partial charge is 0.251 e. The summed E-state index contributed by atoms with van der Waals surface area (Å²) in [6.07, 6.45) is 2.53. The summed E-state index contributed by atoms with van der Waals surface area (Å²) in [7, 11) is 1.63. The number of aryl methyl sites for hydroxylation is 1. The van der Waals surface area contributed by atoms with Crippen molar-refractivity contribution in [2.24, 2.45) is 0 Å². The second-order valence-electron chi connectivity index (χ2n) is 4.94. The van der Waals surface area contributed by atoms with E-state index in [1.54, 1.807) is 7.11 Å². The number of carbonyl (C=O) groups excluding carboxylic acids is 1. The van der Waals surface area contributed by atoms with Crippen LogP contribution in [0.3, 0.4) is 0 Å². The topological polar surface area (TPSA) is 41.6 Å². The predicted octanol–water partition coefficient (Wildman–Crippen LogP) is 1.97. The number of carbonyl (C=O) groups is 1. The van der Waals surface area contributed by atoms with E-state index in [2.05, 4.69) is 23.2 Å². The van der Waals surface area contributed by atoms with E-state index in [9.17, 15) is 4.79 Å². The van der Waals surface area contributed by atoms with E-state index in [1.807, 2.05) is 12.1 Å². The molecule has 0 spiro atoms. The molecule has 1 aromatic carbocycles. The van der Waals surface area contributed by atoms with Crippen molar-refractivity contribution in [1.29, 1.82) is 0 Å². The molecule has 0 saturated carbocycles. The van der Waals surface area contributed by atoms with Crippen molar-refractivity contribution in [3.63, 3.8) is 0 Å². The molecule has 1 amide bonds. The number of nitrogens with zero attached hydrogens (tertiary/aromatic N) is 1.